The van der Waals surface area contributed by atoms with E-state index in [1.807, 2.05) is 0 Å². The molecule has 0 spiro atoms. The molecule has 4 N–H and O–H groups in total. The van der Waals surface area contributed by atoms with Gasteiger partial charge in [0.2, 0.25) is 0 Å². The summed E-state index contributed by atoms with van der Waals surface area (Å²) in [5.41, 5.74) is 2.88. The van der Waals surface area contributed by atoms with Crippen LogP contribution in [-0.4, -0.2) is 15.8 Å². The number of non-ortho nitro benzene ring substituents is 1. The molecule has 108 valence electrons. The molecule has 1 heterocycles. The summed E-state index contributed by atoms with van der Waals surface area (Å²) < 4.78 is 0. The van der Waals surface area contributed by atoms with Crippen LogP contribution >= 0.6 is 11.6 Å². The van der Waals surface area contributed by atoms with Gasteiger partial charge in [-0.3, -0.25) is 14.9 Å². The predicted molar refractivity (Wildman–Crippen MR) is 78.1 cm³/mol. The molecule has 0 aliphatic rings. The molecule has 0 fully saturated rings. The van der Waals surface area contributed by atoms with Crippen molar-refractivity contribution in [3.8, 4) is 0 Å². The fourth-order valence-corrected chi connectivity index (χ4v) is 1.76. The summed E-state index contributed by atoms with van der Waals surface area (Å²) in [6.07, 6.45) is 1.31. The highest BCUT2D eigenvalue weighted by Crippen LogP contribution is 2.20. The molecule has 0 atom stereocenters. The third kappa shape index (κ3) is 3.44. The second-order valence-corrected chi connectivity index (χ2v) is 4.36. The number of anilines is 2. The van der Waals surface area contributed by atoms with Gasteiger partial charge < -0.3 is 10.7 Å². The number of pyridine rings is 1. The van der Waals surface area contributed by atoms with Gasteiger partial charge in [-0.1, -0.05) is 11.6 Å². The number of aromatic nitrogens is 1. The van der Waals surface area contributed by atoms with E-state index in [1.54, 1.807) is 0 Å². The fourth-order valence-electron chi connectivity index (χ4n) is 1.54. The van der Waals surface area contributed by atoms with E-state index in [1.165, 1.54) is 36.5 Å². The summed E-state index contributed by atoms with van der Waals surface area (Å²) in [6, 6.07) is 6.86. The van der Waals surface area contributed by atoms with Crippen LogP contribution in [0, 0.1) is 10.1 Å². The molecular formula is C12H10ClN5O3. The van der Waals surface area contributed by atoms with Crippen LogP contribution in [0.5, 0.6) is 0 Å². The summed E-state index contributed by atoms with van der Waals surface area (Å²) in [4.78, 5) is 25.9. The Balaban J connectivity index is 2.14. The first-order chi connectivity index (χ1) is 10.0. The number of nitro benzene ring substituents is 1. The second-order valence-electron chi connectivity index (χ2n) is 3.96. The SMILES string of the molecule is NNc1ncc(C(=O)Nc2ccc([N+](=O)[O-])cc2)cc1Cl. The van der Waals surface area contributed by atoms with Crippen molar-refractivity contribution in [1.29, 1.82) is 0 Å². The Morgan fingerprint density at radius 3 is 2.52 bits per heavy atom. The number of nitrogens with two attached hydrogens (primary N) is 1. The molecule has 1 aromatic carbocycles. The molecule has 21 heavy (non-hydrogen) atoms. The molecule has 0 radical (unpaired) electrons. The number of benzene rings is 1. The minimum absolute atomic E-state index is 0.0592. The number of carbonyl (C=O) groups is 1. The van der Waals surface area contributed by atoms with Crippen LogP contribution in [0.15, 0.2) is 36.5 Å². The third-order valence-corrected chi connectivity index (χ3v) is 2.86. The molecule has 0 aliphatic heterocycles. The number of hydrazine groups is 1. The van der Waals surface area contributed by atoms with Crippen molar-refractivity contribution in [2.45, 2.75) is 0 Å². The van der Waals surface area contributed by atoms with Gasteiger partial charge in [-0.05, 0) is 18.2 Å². The molecule has 0 bridgehead atoms. The molecule has 0 saturated heterocycles. The maximum atomic E-state index is 12.0. The highest BCUT2D eigenvalue weighted by molar-refractivity contribution is 6.33. The van der Waals surface area contributed by atoms with Gasteiger partial charge in [0.1, 0.15) is 0 Å². The van der Waals surface area contributed by atoms with Crippen molar-refractivity contribution >= 4 is 34.7 Å². The number of rotatable bonds is 4. The van der Waals surface area contributed by atoms with Crippen LogP contribution < -0.4 is 16.6 Å². The van der Waals surface area contributed by atoms with Crippen molar-refractivity contribution in [3.05, 3.63) is 57.2 Å². The van der Waals surface area contributed by atoms with Gasteiger partial charge in [0.25, 0.3) is 11.6 Å². The van der Waals surface area contributed by atoms with Gasteiger partial charge in [-0.25, -0.2) is 10.8 Å². The lowest BCUT2D eigenvalue weighted by atomic mass is 10.2. The van der Waals surface area contributed by atoms with Crippen LogP contribution in [0.4, 0.5) is 17.2 Å². The first-order valence-corrected chi connectivity index (χ1v) is 6.07. The molecule has 8 nitrogen and oxygen atoms in total. The van der Waals surface area contributed by atoms with Gasteiger partial charge in [0.05, 0.1) is 15.5 Å². The van der Waals surface area contributed by atoms with Crippen molar-refractivity contribution in [1.82, 2.24) is 4.98 Å². The van der Waals surface area contributed by atoms with Gasteiger partial charge in [0, 0.05) is 24.0 Å². The van der Waals surface area contributed by atoms with E-state index in [9.17, 15) is 14.9 Å². The number of nitrogens with one attached hydrogen (secondary N) is 2. The number of hydrogen-bond donors (Lipinski definition) is 3. The smallest absolute Gasteiger partial charge is 0.269 e. The van der Waals surface area contributed by atoms with Gasteiger partial charge in [-0.2, -0.15) is 0 Å². The fraction of sp³-hybridized carbons (Fsp3) is 0. The maximum Gasteiger partial charge on any atom is 0.269 e. The number of halogens is 1. The molecule has 0 saturated carbocycles. The minimum Gasteiger partial charge on any atom is -0.322 e. The van der Waals surface area contributed by atoms with Crippen molar-refractivity contribution in [2.24, 2.45) is 5.84 Å². The summed E-state index contributed by atoms with van der Waals surface area (Å²) in [5.74, 6) is 5.00. The normalized spacial score (nSPS) is 10.0. The van der Waals surface area contributed by atoms with Crippen LogP contribution in [0.1, 0.15) is 10.4 Å². The zero-order valence-corrected chi connectivity index (χ0v) is 11.3. The standard InChI is InChI=1S/C12H10ClN5O3/c13-10-5-7(6-15-11(10)17-14)12(19)16-8-1-3-9(4-2-8)18(20)21/h1-6H,14H2,(H,15,17)(H,16,19). The van der Waals surface area contributed by atoms with Gasteiger partial charge in [-0.15, -0.1) is 0 Å². The number of nitrogens with zero attached hydrogens (tertiary/aromatic N) is 2. The summed E-state index contributed by atoms with van der Waals surface area (Å²) in [5, 5.41) is 13.3. The lowest BCUT2D eigenvalue weighted by Gasteiger charge is -2.07. The van der Waals surface area contributed by atoms with E-state index in [4.69, 9.17) is 17.4 Å². The Morgan fingerprint density at radius 2 is 2.00 bits per heavy atom. The zero-order valence-electron chi connectivity index (χ0n) is 10.5. The zero-order chi connectivity index (χ0) is 15.4. The Labute approximate surface area is 124 Å². The Morgan fingerprint density at radius 1 is 1.33 bits per heavy atom. The molecule has 0 aliphatic carbocycles. The number of nitrogen functional groups attached to an aromatic ring is 1. The maximum absolute atomic E-state index is 12.0. The Kier molecular flexibility index (Phi) is 4.31. The molecular weight excluding hydrogens is 298 g/mol. The largest absolute Gasteiger partial charge is 0.322 e. The van der Waals surface area contributed by atoms with E-state index in [0.29, 0.717) is 5.69 Å². The molecule has 1 aromatic heterocycles. The van der Waals surface area contributed by atoms with Crippen LogP contribution in [0.25, 0.3) is 0 Å². The van der Waals surface area contributed by atoms with E-state index < -0.39 is 10.8 Å². The first kappa shape index (κ1) is 14.7. The molecule has 2 rings (SSSR count). The number of carbonyl (C=O) groups excluding carboxylic acids is 1. The van der Waals surface area contributed by atoms with Crippen molar-refractivity contribution in [3.63, 3.8) is 0 Å². The first-order valence-electron chi connectivity index (χ1n) is 5.69. The minimum atomic E-state index is -0.520. The Bertz CT molecular complexity index is 690. The lowest BCUT2D eigenvalue weighted by Crippen LogP contribution is -2.14. The Hall–Kier alpha value is -2.71. The van der Waals surface area contributed by atoms with E-state index in [2.05, 4.69) is 15.7 Å². The number of amides is 1. The van der Waals surface area contributed by atoms with Crippen molar-refractivity contribution < 1.29 is 9.72 Å². The topological polar surface area (TPSA) is 123 Å². The summed E-state index contributed by atoms with van der Waals surface area (Å²) >= 11 is 5.87. The predicted octanol–water partition coefficient (Wildman–Crippen LogP) is 2.18. The van der Waals surface area contributed by atoms with Crippen LogP contribution in [-0.2, 0) is 0 Å². The van der Waals surface area contributed by atoms with E-state index >= 15 is 0 Å². The van der Waals surface area contributed by atoms with E-state index in [0.717, 1.165) is 0 Å². The summed E-state index contributed by atoms with van der Waals surface area (Å²) in [7, 11) is 0. The molecule has 9 heteroatoms. The number of nitro groups is 1. The van der Waals surface area contributed by atoms with Gasteiger partial charge in [0.15, 0.2) is 5.82 Å². The molecule has 2 aromatic rings. The average molecular weight is 308 g/mol. The van der Waals surface area contributed by atoms with Crippen molar-refractivity contribution in [2.75, 3.05) is 10.7 Å². The van der Waals surface area contributed by atoms with Gasteiger partial charge >= 0.3 is 0 Å². The van der Waals surface area contributed by atoms with Crippen LogP contribution in [0.3, 0.4) is 0 Å². The highest BCUT2D eigenvalue weighted by atomic mass is 35.5. The second kappa shape index (κ2) is 6.16. The molecule has 1 amide bonds. The van der Waals surface area contributed by atoms with E-state index in [-0.39, 0.29) is 22.1 Å². The summed E-state index contributed by atoms with van der Waals surface area (Å²) in [6.45, 7) is 0. The quantitative estimate of drug-likeness (QED) is 0.452. The average Bonchev–Trinajstić information content (AvgIpc) is 2.47. The molecule has 0 unspecified atom stereocenters. The highest BCUT2D eigenvalue weighted by Gasteiger charge is 2.11. The lowest BCUT2D eigenvalue weighted by molar-refractivity contribution is -0.384. The monoisotopic (exact) mass is 307 g/mol. The third-order valence-electron chi connectivity index (χ3n) is 2.58. The van der Waals surface area contributed by atoms with Crippen LogP contribution in [0.2, 0.25) is 5.02 Å². The number of hydrogen-bond acceptors (Lipinski definition) is 6.